The number of aryl methyl sites for hydroxylation is 1. The summed E-state index contributed by atoms with van der Waals surface area (Å²) in [6, 6.07) is 14.4. The number of benzene rings is 2. The molecule has 134 valence electrons. The molecule has 0 radical (unpaired) electrons. The van der Waals surface area contributed by atoms with Crippen LogP contribution in [-0.4, -0.2) is 47.3 Å². The summed E-state index contributed by atoms with van der Waals surface area (Å²) in [5.41, 5.74) is 4.08. The maximum atomic E-state index is 12.9. The quantitative estimate of drug-likeness (QED) is 0.858. The van der Waals surface area contributed by atoms with E-state index in [1.807, 2.05) is 43.3 Å². The third-order valence-electron chi connectivity index (χ3n) is 4.48. The molecule has 1 atom stereocenters. The van der Waals surface area contributed by atoms with Gasteiger partial charge in [-0.3, -0.25) is 4.79 Å². The molecule has 2 aromatic carbocycles. The van der Waals surface area contributed by atoms with Crippen molar-refractivity contribution in [2.24, 2.45) is 5.16 Å². The molecule has 1 N–H and O–H groups in total. The van der Waals surface area contributed by atoms with Crippen molar-refractivity contribution in [2.45, 2.75) is 19.4 Å². The number of rotatable bonds is 4. The molecule has 1 fully saturated rings. The van der Waals surface area contributed by atoms with E-state index in [9.17, 15) is 14.7 Å². The van der Waals surface area contributed by atoms with Crippen molar-refractivity contribution in [3.05, 3.63) is 59.7 Å². The minimum absolute atomic E-state index is 0.156. The topological polar surface area (TPSA) is 79.2 Å². The van der Waals surface area contributed by atoms with E-state index in [4.69, 9.17) is 4.84 Å². The summed E-state index contributed by atoms with van der Waals surface area (Å²) < 4.78 is 0. The molecule has 1 heterocycles. The number of nitrogens with zero attached hydrogens (tertiary/aromatic N) is 2. The number of aliphatic carboxylic acids is 1. The normalized spacial score (nSPS) is 18.2. The van der Waals surface area contributed by atoms with Gasteiger partial charge >= 0.3 is 5.97 Å². The van der Waals surface area contributed by atoms with Crippen LogP contribution >= 0.6 is 0 Å². The highest BCUT2D eigenvalue weighted by atomic mass is 16.6. The number of oxime groups is 1. The standard InChI is InChI=1S/C20H20N2O4/c1-13-10-15(8-9-17(13)14-6-4-3-5-7-14)19(23)22-12-16(21-26-2)11-18(22)20(24)25/h3-10,18H,11-12H2,1-2H3,(H,24,25)/t18-/m0/s1. The molecule has 0 saturated carbocycles. The summed E-state index contributed by atoms with van der Waals surface area (Å²) in [7, 11) is 1.40. The Morgan fingerprint density at radius 1 is 1.19 bits per heavy atom. The summed E-state index contributed by atoms with van der Waals surface area (Å²) in [6.07, 6.45) is 0.177. The molecule has 6 nitrogen and oxygen atoms in total. The van der Waals surface area contributed by atoms with E-state index in [-0.39, 0.29) is 18.9 Å². The fourth-order valence-electron chi connectivity index (χ4n) is 3.24. The Balaban J connectivity index is 1.89. The second-order valence-corrected chi connectivity index (χ2v) is 6.23. The van der Waals surface area contributed by atoms with Crippen molar-refractivity contribution in [1.82, 2.24) is 4.90 Å². The van der Waals surface area contributed by atoms with Crippen LogP contribution in [-0.2, 0) is 9.63 Å². The molecule has 3 rings (SSSR count). The predicted octanol–water partition coefficient (Wildman–Crippen LogP) is 2.96. The summed E-state index contributed by atoms with van der Waals surface area (Å²) in [6.45, 7) is 2.10. The molecule has 1 aliphatic heterocycles. The van der Waals surface area contributed by atoms with Gasteiger partial charge in [-0.1, -0.05) is 41.6 Å². The summed E-state index contributed by atoms with van der Waals surface area (Å²) >= 11 is 0. The zero-order chi connectivity index (χ0) is 18.7. The van der Waals surface area contributed by atoms with Crippen LogP contribution in [0.5, 0.6) is 0 Å². The number of carbonyl (C=O) groups excluding carboxylic acids is 1. The molecule has 0 aliphatic carbocycles. The molecule has 1 aliphatic rings. The third-order valence-corrected chi connectivity index (χ3v) is 4.48. The molecular formula is C20H20N2O4. The van der Waals surface area contributed by atoms with Crippen molar-refractivity contribution in [2.75, 3.05) is 13.7 Å². The van der Waals surface area contributed by atoms with Crippen LogP contribution in [0.15, 0.2) is 53.7 Å². The van der Waals surface area contributed by atoms with Gasteiger partial charge in [-0.25, -0.2) is 4.79 Å². The Morgan fingerprint density at radius 3 is 2.54 bits per heavy atom. The molecule has 26 heavy (non-hydrogen) atoms. The van der Waals surface area contributed by atoms with E-state index < -0.39 is 12.0 Å². The molecule has 6 heteroatoms. The molecule has 1 saturated heterocycles. The van der Waals surface area contributed by atoms with E-state index in [1.165, 1.54) is 12.0 Å². The molecule has 0 aromatic heterocycles. The lowest BCUT2D eigenvalue weighted by atomic mass is 9.98. The first-order valence-corrected chi connectivity index (χ1v) is 8.30. The van der Waals surface area contributed by atoms with Crippen LogP contribution in [0.25, 0.3) is 11.1 Å². The van der Waals surface area contributed by atoms with E-state index in [2.05, 4.69) is 5.16 Å². The lowest BCUT2D eigenvalue weighted by Crippen LogP contribution is -2.40. The van der Waals surface area contributed by atoms with Gasteiger partial charge in [-0.15, -0.1) is 0 Å². The van der Waals surface area contributed by atoms with Gasteiger partial charge in [-0.05, 0) is 35.7 Å². The second-order valence-electron chi connectivity index (χ2n) is 6.23. The summed E-state index contributed by atoms with van der Waals surface area (Å²) in [4.78, 5) is 30.5. The predicted molar refractivity (Wildman–Crippen MR) is 98.1 cm³/mol. The van der Waals surface area contributed by atoms with Gasteiger partial charge < -0.3 is 14.8 Å². The van der Waals surface area contributed by atoms with Gasteiger partial charge in [0.05, 0.1) is 12.3 Å². The van der Waals surface area contributed by atoms with Crippen LogP contribution < -0.4 is 0 Å². The van der Waals surface area contributed by atoms with Gasteiger partial charge in [0.15, 0.2) is 0 Å². The number of amides is 1. The molecule has 1 amide bonds. The highest BCUT2D eigenvalue weighted by molar-refractivity contribution is 6.04. The van der Waals surface area contributed by atoms with Crippen LogP contribution in [0, 0.1) is 6.92 Å². The average Bonchev–Trinajstić information content (AvgIpc) is 3.06. The lowest BCUT2D eigenvalue weighted by molar-refractivity contribution is -0.141. The van der Waals surface area contributed by atoms with Crippen LogP contribution in [0.2, 0.25) is 0 Å². The Morgan fingerprint density at radius 2 is 1.92 bits per heavy atom. The highest BCUT2D eigenvalue weighted by Gasteiger charge is 2.38. The smallest absolute Gasteiger partial charge is 0.326 e. The van der Waals surface area contributed by atoms with Crippen molar-refractivity contribution in [3.63, 3.8) is 0 Å². The van der Waals surface area contributed by atoms with Crippen molar-refractivity contribution in [1.29, 1.82) is 0 Å². The maximum Gasteiger partial charge on any atom is 0.326 e. The highest BCUT2D eigenvalue weighted by Crippen LogP contribution is 2.26. The zero-order valence-corrected chi connectivity index (χ0v) is 14.7. The van der Waals surface area contributed by atoms with Crippen LogP contribution in [0.3, 0.4) is 0 Å². The number of carboxylic acid groups (broad SMARTS) is 1. The number of hydrogen-bond donors (Lipinski definition) is 1. The number of hydrogen-bond acceptors (Lipinski definition) is 4. The minimum atomic E-state index is -1.04. The van der Waals surface area contributed by atoms with Crippen molar-refractivity contribution < 1.29 is 19.5 Å². The van der Waals surface area contributed by atoms with Gasteiger partial charge in [0.25, 0.3) is 5.91 Å². The SMILES string of the molecule is CON=C1C[C@@H](C(=O)O)N(C(=O)c2ccc(-c3ccccc3)c(C)c2)C1. The Kier molecular flexibility index (Phi) is 5.02. The third kappa shape index (κ3) is 3.44. The first-order valence-electron chi connectivity index (χ1n) is 8.30. The summed E-state index contributed by atoms with van der Waals surface area (Å²) in [5, 5.41) is 13.2. The van der Waals surface area contributed by atoms with Crippen molar-refractivity contribution in [3.8, 4) is 11.1 Å². The molecular weight excluding hydrogens is 332 g/mol. The Bertz CT molecular complexity index is 861. The Hall–Kier alpha value is -3.15. The van der Waals surface area contributed by atoms with Gasteiger partial charge in [-0.2, -0.15) is 0 Å². The first kappa shape index (κ1) is 17.7. The summed E-state index contributed by atoms with van der Waals surface area (Å²) in [5.74, 6) is -1.36. The zero-order valence-electron chi connectivity index (χ0n) is 14.7. The van der Waals surface area contributed by atoms with E-state index in [1.54, 1.807) is 12.1 Å². The molecule has 0 unspecified atom stereocenters. The van der Waals surface area contributed by atoms with Gasteiger partial charge in [0, 0.05) is 12.0 Å². The molecule has 2 aromatic rings. The van der Waals surface area contributed by atoms with Crippen molar-refractivity contribution >= 4 is 17.6 Å². The van der Waals surface area contributed by atoms with E-state index in [0.717, 1.165) is 16.7 Å². The number of likely N-dealkylation sites (tertiary alicyclic amines) is 1. The lowest BCUT2D eigenvalue weighted by Gasteiger charge is -2.21. The van der Waals surface area contributed by atoms with Gasteiger partial charge in [0.1, 0.15) is 13.2 Å². The Labute approximate surface area is 151 Å². The fraction of sp³-hybridized carbons (Fsp3) is 0.250. The average molecular weight is 352 g/mol. The second kappa shape index (κ2) is 7.39. The minimum Gasteiger partial charge on any atom is -0.480 e. The monoisotopic (exact) mass is 352 g/mol. The van der Waals surface area contributed by atoms with Crippen LogP contribution in [0.4, 0.5) is 0 Å². The van der Waals surface area contributed by atoms with E-state index in [0.29, 0.717) is 11.3 Å². The van der Waals surface area contributed by atoms with Crippen LogP contribution in [0.1, 0.15) is 22.3 Å². The number of carbonyl (C=O) groups is 2. The fourth-order valence-corrected chi connectivity index (χ4v) is 3.24. The first-order chi connectivity index (χ1) is 12.5. The van der Waals surface area contributed by atoms with E-state index >= 15 is 0 Å². The van der Waals surface area contributed by atoms with Gasteiger partial charge in [0.2, 0.25) is 0 Å². The molecule has 0 spiro atoms. The molecule has 0 bridgehead atoms. The maximum absolute atomic E-state index is 12.9. The largest absolute Gasteiger partial charge is 0.480 e. The number of carboxylic acids is 1.